The van der Waals surface area contributed by atoms with Gasteiger partial charge in [0, 0.05) is 12.7 Å². The lowest BCUT2D eigenvalue weighted by Gasteiger charge is -2.41. The molecule has 1 fully saturated rings. The minimum atomic E-state index is -1.32. The van der Waals surface area contributed by atoms with Crippen molar-refractivity contribution >= 4 is 5.91 Å². The van der Waals surface area contributed by atoms with E-state index in [1.807, 2.05) is 0 Å². The zero-order chi connectivity index (χ0) is 15.4. The first kappa shape index (κ1) is 15.9. The molecular weight excluding hydrogens is 278 g/mol. The molecule has 7 heteroatoms. The van der Waals surface area contributed by atoms with Crippen LogP contribution < -0.4 is 5.32 Å². The number of ether oxygens (including phenoxy) is 2. The third kappa shape index (κ3) is 3.39. The second-order valence-electron chi connectivity index (χ2n) is 4.81. The Labute approximate surface area is 122 Å². The van der Waals surface area contributed by atoms with E-state index in [1.165, 1.54) is 7.11 Å². The molecule has 0 aromatic heterocycles. The van der Waals surface area contributed by atoms with Crippen molar-refractivity contribution in [2.75, 3.05) is 13.7 Å². The molecular formula is C14H19NO6. The summed E-state index contributed by atoms with van der Waals surface area (Å²) in [5.41, 5.74) is 0.415. The fraction of sp³-hybridized carbons (Fsp3) is 0.500. The normalized spacial score (nSPS) is 32.7. The molecule has 1 saturated heterocycles. The lowest BCUT2D eigenvalue weighted by Crippen LogP contribution is -2.64. The molecule has 1 aliphatic rings. The Morgan fingerprint density at radius 1 is 1.29 bits per heavy atom. The van der Waals surface area contributed by atoms with E-state index < -0.39 is 43.2 Å². The summed E-state index contributed by atoms with van der Waals surface area (Å²) < 4.78 is 10.4. The molecule has 0 spiro atoms. The molecule has 0 radical (unpaired) electrons. The van der Waals surface area contributed by atoms with Gasteiger partial charge in [-0.1, -0.05) is 18.2 Å². The molecule has 7 nitrogen and oxygen atoms in total. The third-order valence-electron chi connectivity index (χ3n) is 3.45. The Hall–Kier alpha value is -1.51. The summed E-state index contributed by atoms with van der Waals surface area (Å²) in [6, 6.07) is 7.52. The number of amides is 1. The van der Waals surface area contributed by atoms with Gasteiger partial charge in [-0.05, 0) is 12.1 Å². The number of benzene rings is 1. The maximum atomic E-state index is 12.1. The maximum Gasteiger partial charge on any atom is 0.251 e. The van der Waals surface area contributed by atoms with Gasteiger partial charge in [-0.2, -0.15) is 0 Å². The fourth-order valence-electron chi connectivity index (χ4n) is 2.26. The van der Waals surface area contributed by atoms with E-state index in [9.17, 15) is 15.0 Å². The molecule has 21 heavy (non-hydrogen) atoms. The zero-order valence-electron chi connectivity index (χ0n) is 11.5. The number of hydrogen-bond acceptors (Lipinski definition) is 6. The summed E-state index contributed by atoms with van der Waals surface area (Å²) in [5.74, 6) is -0.417. The summed E-state index contributed by atoms with van der Waals surface area (Å²) in [6.45, 7) is -0.461. The van der Waals surface area contributed by atoms with Gasteiger partial charge in [-0.25, -0.2) is 0 Å². The first-order valence-electron chi connectivity index (χ1n) is 6.59. The van der Waals surface area contributed by atoms with Crippen molar-refractivity contribution in [1.82, 2.24) is 5.32 Å². The SMILES string of the molecule is CO[C@@H]1O[C@H](CO)[C@H](O)[C@H](O)[C@H]1NC(=O)c1ccccc1. The van der Waals surface area contributed by atoms with Crippen LogP contribution in [0, 0.1) is 0 Å². The van der Waals surface area contributed by atoms with Gasteiger partial charge < -0.3 is 30.1 Å². The molecule has 5 atom stereocenters. The molecule has 0 unspecified atom stereocenters. The van der Waals surface area contributed by atoms with Gasteiger partial charge in [0.15, 0.2) is 6.29 Å². The van der Waals surface area contributed by atoms with Crippen molar-refractivity contribution in [3.63, 3.8) is 0 Å². The Balaban J connectivity index is 2.11. The molecule has 0 saturated carbocycles. The number of carbonyl (C=O) groups excluding carboxylic acids is 1. The van der Waals surface area contributed by atoms with Crippen LogP contribution in [0.4, 0.5) is 0 Å². The molecule has 1 aromatic carbocycles. The highest BCUT2D eigenvalue weighted by atomic mass is 16.7. The quantitative estimate of drug-likeness (QED) is 0.560. The lowest BCUT2D eigenvalue weighted by molar-refractivity contribution is -0.261. The molecule has 116 valence electrons. The Bertz CT molecular complexity index is 466. The van der Waals surface area contributed by atoms with E-state index in [4.69, 9.17) is 14.6 Å². The minimum Gasteiger partial charge on any atom is -0.394 e. The monoisotopic (exact) mass is 297 g/mol. The summed E-state index contributed by atoms with van der Waals surface area (Å²) in [4.78, 5) is 12.1. The number of aliphatic hydroxyl groups excluding tert-OH is 3. The molecule has 1 amide bonds. The van der Waals surface area contributed by atoms with Crippen molar-refractivity contribution in [2.24, 2.45) is 0 Å². The van der Waals surface area contributed by atoms with E-state index in [2.05, 4.69) is 5.32 Å². The fourth-order valence-corrected chi connectivity index (χ4v) is 2.26. The van der Waals surface area contributed by atoms with Crippen molar-refractivity contribution in [3.8, 4) is 0 Å². The first-order chi connectivity index (χ1) is 10.1. The van der Waals surface area contributed by atoms with E-state index in [0.29, 0.717) is 5.56 Å². The largest absolute Gasteiger partial charge is 0.394 e. The van der Waals surface area contributed by atoms with Crippen LogP contribution in [-0.2, 0) is 9.47 Å². The van der Waals surface area contributed by atoms with E-state index >= 15 is 0 Å². The molecule has 0 bridgehead atoms. The Morgan fingerprint density at radius 3 is 2.52 bits per heavy atom. The summed E-state index contributed by atoms with van der Waals surface area (Å²) >= 11 is 0. The van der Waals surface area contributed by atoms with Crippen molar-refractivity contribution < 1.29 is 29.6 Å². The standard InChI is InChI=1S/C14H19NO6/c1-20-14-10(12(18)11(17)9(7-16)21-14)15-13(19)8-5-3-2-4-6-8/h2-6,9-12,14,16-18H,7H2,1H3,(H,15,19)/t9-,10-,11+,12-,14-/m1/s1. The topological polar surface area (TPSA) is 108 Å². The minimum absolute atomic E-state index is 0.415. The summed E-state index contributed by atoms with van der Waals surface area (Å²) in [5, 5.41) is 31.6. The summed E-state index contributed by atoms with van der Waals surface area (Å²) in [6.07, 6.45) is -4.56. The van der Waals surface area contributed by atoms with E-state index in [-0.39, 0.29) is 0 Å². The molecule has 1 heterocycles. The average molecular weight is 297 g/mol. The van der Waals surface area contributed by atoms with Crippen molar-refractivity contribution in [3.05, 3.63) is 35.9 Å². The van der Waals surface area contributed by atoms with Crippen LogP contribution in [0.5, 0.6) is 0 Å². The maximum absolute atomic E-state index is 12.1. The van der Waals surface area contributed by atoms with Crippen LogP contribution >= 0.6 is 0 Å². The van der Waals surface area contributed by atoms with Gasteiger partial charge in [-0.3, -0.25) is 4.79 Å². The van der Waals surface area contributed by atoms with Crippen LogP contribution in [0.1, 0.15) is 10.4 Å². The Kier molecular flexibility index (Phi) is 5.27. The second-order valence-corrected chi connectivity index (χ2v) is 4.81. The van der Waals surface area contributed by atoms with Crippen molar-refractivity contribution in [2.45, 2.75) is 30.6 Å². The summed E-state index contributed by atoms with van der Waals surface area (Å²) in [7, 11) is 1.35. The van der Waals surface area contributed by atoms with Crippen LogP contribution in [-0.4, -0.2) is 65.6 Å². The Morgan fingerprint density at radius 2 is 1.95 bits per heavy atom. The highest BCUT2D eigenvalue weighted by Crippen LogP contribution is 2.22. The number of nitrogens with one attached hydrogen (secondary N) is 1. The van der Waals surface area contributed by atoms with Crippen molar-refractivity contribution in [1.29, 1.82) is 0 Å². The molecule has 1 aromatic rings. The van der Waals surface area contributed by atoms with E-state index in [0.717, 1.165) is 0 Å². The smallest absolute Gasteiger partial charge is 0.251 e. The molecule has 0 aliphatic carbocycles. The lowest BCUT2D eigenvalue weighted by atomic mass is 9.96. The van der Waals surface area contributed by atoms with Gasteiger partial charge in [0.05, 0.1) is 6.61 Å². The average Bonchev–Trinajstić information content (AvgIpc) is 2.53. The molecule has 1 aliphatic heterocycles. The van der Waals surface area contributed by atoms with Gasteiger partial charge in [0.1, 0.15) is 24.4 Å². The van der Waals surface area contributed by atoms with Crippen LogP contribution in [0.15, 0.2) is 30.3 Å². The highest BCUT2D eigenvalue weighted by Gasteiger charge is 2.45. The van der Waals surface area contributed by atoms with Gasteiger partial charge >= 0.3 is 0 Å². The molecule has 4 N–H and O–H groups in total. The third-order valence-corrected chi connectivity index (χ3v) is 3.45. The van der Waals surface area contributed by atoms with Gasteiger partial charge in [0.25, 0.3) is 5.91 Å². The zero-order valence-corrected chi connectivity index (χ0v) is 11.5. The molecule has 2 rings (SSSR count). The van der Waals surface area contributed by atoms with Crippen LogP contribution in [0.25, 0.3) is 0 Å². The highest BCUT2D eigenvalue weighted by molar-refractivity contribution is 5.94. The number of carbonyl (C=O) groups is 1. The number of hydrogen-bond donors (Lipinski definition) is 4. The van der Waals surface area contributed by atoms with Gasteiger partial charge in [-0.15, -0.1) is 0 Å². The van der Waals surface area contributed by atoms with E-state index in [1.54, 1.807) is 30.3 Å². The van der Waals surface area contributed by atoms with Gasteiger partial charge in [0.2, 0.25) is 0 Å². The number of aliphatic hydroxyl groups is 3. The first-order valence-corrected chi connectivity index (χ1v) is 6.59. The van der Waals surface area contributed by atoms with Crippen LogP contribution in [0.3, 0.4) is 0 Å². The predicted molar refractivity (Wildman–Crippen MR) is 72.5 cm³/mol. The van der Waals surface area contributed by atoms with Crippen LogP contribution in [0.2, 0.25) is 0 Å². The predicted octanol–water partition coefficient (Wildman–Crippen LogP) is -1.13. The number of rotatable bonds is 4. The number of methoxy groups -OCH3 is 1. The second kappa shape index (κ2) is 6.97.